The van der Waals surface area contributed by atoms with Crippen molar-refractivity contribution in [2.45, 2.75) is 45.6 Å². The van der Waals surface area contributed by atoms with Gasteiger partial charge in [0.25, 0.3) is 0 Å². The number of fused-ring (bicyclic) bond motifs is 3. The van der Waals surface area contributed by atoms with Crippen LogP contribution in [0.15, 0.2) is 60.7 Å². The van der Waals surface area contributed by atoms with Crippen LogP contribution < -0.4 is 4.90 Å². The Morgan fingerprint density at radius 2 is 1.82 bits per heavy atom. The number of carbonyl (C=O) groups is 1. The first kappa shape index (κ1) is 22.1. The molecule has 34 heavy (non-hydrogen) atoms. The molecule has 0 radical (unpaired) electrons. The predicted octanol–water partition coefficient (Wildman–Crippen LogP) is 5.46. The van der Waals surface area contributed by atoms with Gasteiger partial charge in [-0.15, -0.1) is 0 Å². The van der Waals surface area contributed by atoms with E-state index in [0.717, 1.165) is 39.5 Å². The maximum absolute atomic E-state index is 13.4. The highest BCUT2D eigenvalue weighted by atomic mass is 19.1. The zero-order chi connectivity index (χ0) is 23.9. The lowest BCUT2D eigenvalue weighted by Crippen LogP contribution is -2.34. The number of pyridine rings is 1. The summed E-state index contributed by atoms with van der Waals surface area (Å²) in [5, 5.41) is 4.77. The molecule has 1 aliphatic heterocycles. The van der Waals surface area contributed by atoms with E-state index in [1.165, 1.54) is 12.1 Å². The van der Waals surface area contributed by atoms with Crippen LogP contribution in [0.5, 0.6) is 0 Å². The van der Waals surface area contributed by atoms with Gasteiger partial charge in [-0.05, 0) is 29.3 Å². The Kier molecular flexibility index (Phi) is 5.55. The van der Waals surface area contributed by atoms with E-state index in [0.29, 0.717) is 19.4 Å². The van der Waals surface area contributed by atoms with Gasteiger partial charge in [0.2, 0.25) is 0 Å². The quantitative estimate of drug-likeness (QED) is 0.399. The average Bonchev–Trinajstić information content (AvgIpc) is 3.38. The zero-order valence-corrected chi connectivity index (χ0v) is 19.6. The Morgan fingerprint density at radius 3 is 2.53 bits per heavy atom. The maximum atomic E-state index is 13.4. The molecule has 3 heterocycles. The Labute approximate surface area is 198 Å². The summed E-state index contributed by atoms with van der Waals surface area (Å²) in [6.45, 7) is 6.91. The van der Waals surface area contributed by atoms with Crippen LogP contribution in [0.4, 0.5) is 14.9 Å². The Balaban J connectivity index is 1.56. The lowest BCUT2D eigenvalue weighted by atomic mass is 9.90. The van der Waals surface area contributed by atoms with Crippen molar-refractivity contribution in [2.24, 2.45) is 0 Å². The molecule has 4 aromatic rings. The minimum Gasteiger partial charge on any atom is -0.444 e. The van der Waals surface area contributed by atoms with Crippen molar-refractivity contribution >= 4 is 17.4 Å². The molecule has 7 heteroatoms. The molecule has 0 spiro atoms. The van der Waals surface area contributed by atoms with Crippen molar-refractivity contribution in [1.29, 1.82) is 0 Å². The monoisotopic (exact) mass is 458 g/mol. The van der Waals surface area contributed by atoms with Crippen LogP contribution in [-0.4, -0.2) is 27.2 Å². The smallest absolute Gasteiger partial charge is 0.414 e. The standard InChI is InChI=1S/C27H27FN4O2/c1-4-23-29-25-20(14-18-10-12-21(28)13-11-18)15-22-24(32(25)30-23)27(2,3)17-31(22)26(33)34-16-19-8-6-5-7-9-19/h5-13,15H,4,14,16-17H2,1-3H3. The van der Waals surface area contributed by atoms with Crippen LogP contribution in [0.25, 0.3) is 5.65 Å². The third-order valence-electron chi connectivity index (χ3n) is 6.24. The Morgan fingerprint density at radius 1 is 1.09 bits per heavy atom. The summed E-state index contributed by atoms with van der Waals surface area (Å²) in [7, 11) is 0. The summed E-state index contributed by atoms with van der Waals surface area (Å²) in [4.78, 5) is 19.7. The van der Waals surface area contributed by atoms with Crippen LogP contribution in [-0.2, 0) is 29.6 Å². The van der Waals surface area contributed by atoms with Gasteiger partial charge in [-0.1, -0.05) is 63.2 Å². The number of ether oxygens (including phenoxy) is 1. The lowest BCUT2D eigenvalue weighted by Gasteiger charge is -2.20. The molecule has 1 aliphatic rings. The molecule has 174 valence electrons. The van der Waals surface area contributed by atoms with Crippen molar-refractivity contribution in [3.63, 3.8) is 0 Å². The molecule has 0 bridgehead atoms. The van der Waals surface area contributed by atoms with E-state index in [4.69, 9.17) is 14.8 Å². The molecule has 0 N–H and O–H groups in total. The van der Waals surface area contributed by atoms with Gasteiger partial charge in [0.1, 0.15) is 12.4 Å². The predicted molar refractivity (Wildman–Crippen MR) is 129 cm³/mol. The minimum atomic E-state index is -0.390. The molecule has 6 nitrogen and oxygen atoms in total. The normalized spacial score (nSPS) is 14.4. The fourth-order valence-electron chi connectivity index (χ4n) is 4.58. The Hall–Kier alpha value is -3.74. The van der Waals surface area contributed by atoms with E-state index in [9.17, 15) is 9.18 Å². The summed E-state index contributed by atoms with van der Waals surface area (Å²) in [5.74, 6) is 0.474. The van der Waals surface area contributed by atoms with Gasteiger partial charge >= 0.3 is 6.09 Å². The molecule has 0 aliphatic carbocycles. The first-order valence-electron chi connectivity index (χ1n) is 11.5. The number of anilines is 1. The van der Waals surface area contributed by atoms with Crippen molar-refractivity contribution in [3.05, 3.63) is 94.7 Å². The topological polar surface area (TPSA) is 59.7 Å². The zero-order valence-electron chi connectivity index (χ0n) is 19.6. The molecule has 0 fully saturated rings. The highest BCUT2D eigenvalue weighted by molar-refractivity contribution is 5.91. The largest absolute Gasteiger partial charge is 0.444 e. The molecular weight excluding hydrogens is 431 g/mol. The number of benzene rings is 2. The van der Waals surface area contributed by atoms with Crippen LogP contribution in [0.2, 0.25) is 0 Å². The van der Waals surface area contributed by atoms with Gasteiger partial charge in [0.05, 0.1) is 11.4 Å². The minimum absolute atomic E-state index is 0.208. The second-order valence-corrected chi connectivity index (χ2v) is 9.33. The number of halogens is 1. The average molecular weight is 459 g/mol. The maximum Gasteiger partial charge on any atom is 0.414 e. The van der Waals surface area contributed by atoms with Crippen molar-refractivity contribution < 1.29 is 13.9 Å². The van der Waals surface area contributed by atoms with Crippen LogP contribution in [0, 0.1) is 5.82 Å². The third kappa shape index (κ3) is 4.02. The highest BCUT2D eigenvalue weighted by Crippen LogP contribution is 2.42. The molecule has 0 saturated carbocycles. The Bertz CT molecular complexity index is 1350. The SMILES string of the molecule is CCc1nc2c(Cc3ccc(F)cc3)cc3c(n2n1)C(C)(C)CN3C(=O)OCc1ccccc1. The summed E-state index contributed by atoms with van der Waals surface area (Å²) in [6, 6.07) is 18.1. The molecule has 2 aromatic heterocycles. The molecule has 2 aromatic carbocycles. The summed E-state index contributed by atoms with van der Waals surface area (Å²) < 4.78 is 21.0. The van der Waals surface area contributed by atoms with Gasteiger partial charge in [-0.25, -0.2) is 18.7 Å². The number of carbonyl (C=O) groups excluding carboxylic acids is 1. The van der Waals surface area contributed by atoms with E-state index < -0.39 is 6.09 Å². The number of aromatic nitrogens is 3. The van der Waals surface area contributed by atoms with E-state index >= 15 is 0 Å². The van der Waals surface area contributed by atoms with E-state index in [1.54, 1.807) is 17.0 Å². The molecule has 5 rings (SSSR count). The number of rotatable bonds is 5. The van der Waals surface area contributed by atoms with Crippen molar-refractivity contribution in [2.75, 3.05) is 11.4 Å². The molecule has 0 unspecified atom stereocenters. The fourth-order valence-corrected chi connectivity index (χ4v) is 4.58. The third-order valence-corrected chi connectivity index (χ3v) is 6.24. The van der Waals surface area contributed by atoms with Crippen molar-refractivity contribution in [3.8, 4) is 0 Å². The van der Waals surface area contributed by atoms with Gasteiger partial charge in [-0.3, -0.25) is 4.90 Å². The van der Waals surface area contributed by atoms with Crippen LogP contribution in [0.3, 0.4) is 0 Å². The van der Waals surface area contributed by atoms with Crippen molar-refractivity contribution in [1.82, 2.24) is 14.6 Å². The van der Waals surface area contributed by atoms with Gasteiger partial charge in [0, 0.05) is 30.4 Å². The second kappa shape index (κ2) is 8.56. The summed E-state index contributed by atoms with van der Waals surface area (Å²) in [6.07, 6.45) is 0.862. The second-order valence-electron chi connectivity index (χ2n) is 9.33. The molecular formula is C27H27FN4O2. The molecule has 1 amide bonds. The fraction of sp³-hybridized carbons (Fsp3) is 0.296. The number of hydrogen-bond donors (Lipinski definition) is 0. The number of amides is 1. The van der Waals surface area contributed by atoms with Gasteiger partial charge in [0.15, 0.2) is 11.5 Å². The van der Waals surface area contributed by atoms with E-state index in [1.807, 2.05) is 47.8 Å². The molecule has 0 atom stereocenters. The van der Waals surface area contributed by atoms with Gasteiger partial charge in [-0.2, -0.15) is 5.10 Å². The lowest BCUT2D eigenvalue weighted by molar-refractivity contribution is 0.147. The number of aryl methyl sites for hydroxylation is 1. The first-order chi connectivity index (χ1) is 16.4. The van der Waals surface area contributed by atoms with Gasteiger partial charge < -0.3 is 4.74 Å². The van der Waals surface area contributed by atoms with Crippen LogP contribution in [0.1, 0.15) is 49.0 Å². The first-order valence-corrected chi connectivity index (χ1v) is 11.5. The highest BCUT2D eigenvalue weighted by Gasteiger charge is 2.42. The summed E-state index contributed by atoms with van der Waals surface area (Å²) in [5.41, 5.74) is 4.97. The molecule has 0 saturated heterocycles. The number of nitrogens with zero attached hydrogens (tertiary/aromatic N) is 4. The number of hydrogen-bond acceptors (Lipinski definition) is 4. The van der Waals surface area contributed by atoms with E-state index in [2.05, 4.69) is 13.8 Å². The summed E-state index contributed by atoms with van der Waals surface area (Å²) >= 11 is 0. The van der Waals surface area contributed by atoms with Crippen LogP contribution >= 0.6 is 0 Å². The van der Waals surface area contributed by atoms with E-state index in [-0.39, 0.29) is 17.8 Å².